The first kappa shape index (κ1) is 11.4. The molecule has 1 aromatic carbocycles. The maximum Gasteiger partial charge on any atom is 0.180 e. The average molecular weight is 229 g/mol. The molecule has 1 aliphatic rings. The Morgan fingerprint density at radius 1 is 1.29 bits per heavy atom. The number of oxime groups is 1. The van der Waals surface area contributed by atoms with Crippen LogP contribution in [0, 0.1) is 6.92 Å². The zero-order chi connectivity index (χ0) is 12.3. The summed E-state index contributed by atoms with van der Waals surface area (Å²) >= 11 is 0. The number of amidine groups is 1. The summed E-state index contributed by atoms with van der Waals surface area (Å²) in [5, 5.41) is 12.6. The van der Waals surface area contributed by atoms with Crippen molar-refractivity contribution in [2.24, 2.45) is 10.1 Å². The minimum absolute atomic E-state index is 0.482. The lowest BCUT2D eigenvalue weighted by molar-refractivity contribution is 0.308. The minimum atomic E-state index is 0.482. The molecule has 88 valence electrons. The molecule has 1 heterocycles. The molecule has 17 heavy (non-hydrogen) atoms. The van der Waals surface area contributed by atoms with E-state index < -0.39 is 0 Å². The van der Waals surface area contributed by atoms with Gasteiger partial charge in [-0.15, -0.1) is 0 Å². The van der Waals surface area contributed by atoms with Gasteiger partial charge in [0.05, 0.1) is 0 Å². The lowest BCUT2D eigenvalue weighted by Gasteiger charge is -2.25. The molecule has 4 heteroatoms. The van der Waals surface area contributed by atoms with Crippen LogP contribution in [0.5, 0.6) is 0 Å². The van der Waals surface area contributed by atoms with Crippen molar-refractivity contribution in [2.45, 2.75) is 13.8 Å². The fourth-order valence-electron chi connectivity index (χ4n) is 1.70. The van der Waals surface area contributed by atoms with Crippen molar-refractivity contribution in [1.29, 1.82) is 0 Å². The summed E-state index contributed by atoms with van der Waals surface area (Å²) < 4.78 is 0. The maximum atomic E-state index is 9.19. The summed E-state index contributed by atoms with van der Waals surface area (Å²) in [6, 6.07) is 7.87. The molecule has 0 bridgehead atoms. The second-order valence-electron chi connectivity index (χ2n) is 4.00. The summed E-state index contributed by atoms with van der Waals surface area (Å²) in [6.07, 6.45) is 3.65. The SMILES string of the molecule is CC1=CC=NCN1/C(=N\O)c1ccc(C)cc1. The normalized spacial score (nSPS) is 16.0. The highest BCUT2D eigenvalue weighted by molar-refractivity contribution is 6.00. The highest BCUT2D eigenvalue weighted by atomic mass is 16.4. The van der Waals surface area contributed by atoms with Gasteiger partial charge in [0.2, 0.25) is 0 Å². The van der Waals surface area contributed by atoms with Gasteiger partial charge in [0.25, 0.3) is 0 Å². The average Bonchev–Trinajstić information content (AvgIpc) is 2.35. The predicted octanol–water partition coefficient (Wildman–Crippen LogP) is 2.38. The van der Waals surface area contributed by atoms with Crippen molar-refractivity contribution in [3.05, 3.63) is 47.2 Å². The third-order valence-corrected chi connectivity index (χ3v) is 2.73. The quantitative estimate of drug-likeness (QED) is 0.348. The molecule has 0 aliphatic carbocycles. The topological polar surface area (TPSA) is 48.2 Å². The zero-order valence-corrected chi connectivity index (χ0v) is 9.96. The van der Waals surface area contributed by atoms with Crippen LogP contribution in [0.1, 0.15) is 18.1 Å². The second-order valence-corrected chi connectivity index (χ2v) is 4.00. The Balaban J connectivity index is 2.32. The van der Waals surface area contributed by atoms with Crippen molar-refractivity contribution in [3.63, 3.8) is 0 Å². The summed E-state index contributed by atoms with van der Waals surface area (Å²) in [6.45, 7) is 4.47. The van der Waals surface area contributed by atoms with Crippen molar-refractivity contribution in [1.82, 2.24) is 4.90 Å². The first-order chi connectivity index (χ1) is 8.22. The van der Waals surface area contributed by atoms with Crippen LogP contribution in [0.15, 0.2) is 46.2 Å². The standard InChI is InChI=1S/C13H15N3O/c1-10-3-5-12(6-4-10)13(15-17)16-9-14-8-7-11(16)2/h3-8,17H,9H2,1-2H3/b15-13-. The van der Waals surface area contributed by atoms with E-state index in [-0.39, 0.29) is 0 Å². The van der Waals surface area contributed by atoms with Gasteiger partial charge < -0.3 is 10.1 Å². The van der Waals surface area contributed by atoms with E-state index in [9.17, 15) is 5.21 Å². The molecule has 1 N–H and O–H groups in total. The van der Waals surface area contributed by atoms with Gasteiger partial charge in [-0.2, -0.15) is 0 Å². The number of aryl methyl sites for hydroxylation is 1. The Bertz CT molecular complexity index is 486. The van der Waals surface area contributed by atoms with E-state index in [1.165, 1.54) is 5.56 Å². The number of allylic oxidation sites excluding steroid dienone is 2. The third-order valence-electron chi connectivity index (χ3n) is 2.73. The van der Waals surface area contributed by atoms with E-state index in [4.69, 9.17) is 0 Å². The lowest BCUT2D eigenvalue weighted by atomic mass is 10.1. The Labute approximate surface area is 101 Å². The summed E-state index contributed by atoms with van der Waals surface area (Å²) in [4.78, 5) is 6.02. The Hall–Kier alpha value is -2.10. The monoisotopic (exact) mass is 229 g/mol. The zero-order valence-electron chi connectivity index (χ0n) is 9.96. The predicted molar refractivity (Wildman–Crippen MR) is 68.5 cm³/mol. The summed E-state index contributed by atoms with van der Waals surface area (Å²) in [5.41, 5.74) is 3.06. The Morgan fingerprint density at radius 3 is 2.59 bits per heavy atom. The molecule has 0 saturated heterocycles. The first-order valence-electron chi connectivity index (χ1n) is 5.45. The van der Waals surface area contributed by atoms with Gasteiger partial charge in [-0.3, -0.25) is 4.99 Å². The highest BCUT2D eigenvalue weighted by Crippen LogP contribution is 2.14. The summed E-state index contributed by atoms with van der Waals surface area (Å²) in [7, 11) is 0. The fraction of sp³-hybridized carbons (Fsp3) is 0.231. The number of benzene rings is 1. The molecule has 0 saturated carbocycles. The van der Waals surface area contributed by atoms with Crippen LogP contribution in [0.25, 0.3) is 0 Å². The van der Waals surface area contributed by atoms with Crippen LogP contribution in [-0.2, 0) is 0 Å². The Morgan fingerprint density at radius 2 is 2.00 bits per heavy atom. The van der Waals surface area contributed by atoms with E-state index in [2.05, 4.69) is 10.1 Å². The van der Waals surface area contributed by atoms with E-state index >= 15 is 0 Å². The Kier molecular flexibility index (Phi) is 3.23. The number of hydrogen-bond acceptors (Lipinski definition) is 3. The third kappa shape index (κ3) is 2.36. The van der Waals surface area contributed by atoms with E-state index in [0.29, 0.717) is 12.5 Å². The van der Waals surface area contributed by atoms with E-state index in [0.717, 1.165) is 11.3 Å². The molecule has 0 spiro atoms. The minimum Gasteiger partial charge on any atom is -0.409 e. The second kappa shape index (κ2) is 4.82. The molecule has 0 aromatic heterocycles. The lowest BCUT2D eigenvalue weighted by Crippen LogP contribution is -2.32. The van der Waals surface area contributed by atoms with Crippen LogP contribution in [-0.4, -0.2) is 28.8 Å². The van der Waals surface area contributed by atoms with Gasteiger partial charge in [-0.1, -0.05) is 35.0 Å². The van der Waals surface area contributed by atoms with Crippen LogP contribution >= 0.6 is 0 Å². The molecule has 0 radical (unpaired) electrons. The van der Waals surface area contributed by atoms with Crippen molar-refractivity contribution in [3.8, 4) is 0 Å². The van der Waals surface area contributed by atoms with Gasteiger partial charge in [-0.25, -0.2) is 0 Å². The van der Waals surface area contributed by atoms with E-state index in [1.807, 2.05) is 49.1 Å². The van der Waals surface area contributed by atoms with Gasteiger partial charge in [0.1, 0.15) is 6.67 Å². The van der Waals surface area contributed by atoms with Crippen molar-refractivity contribution < 1.29 is 5.21 Å². The van der Waals surface area contributed by atoms with Crippen molar-refractivity contribution in [2.75, 3.05) is 6.67 Å². The first-order valence-corrected chi connectivity index (χ1v) is 5.45. The molecule has 0 fully saturated rings. The number of nitrogens with zero attached hydrogens (tertiary/aromatic N) is 3. The van der Waals surface area contributed by atoms with Gasteiger partial charge >= 0.3 is 0 Å². The molecule has 1 aliphatic heterocycles. The van der Waals surface area contributed by atoms with E-state index in [1.54, 1.807) is 6.21 Å². The number of hydrogen-bond donors (Lipinski definition) is 1. The largest absolute Gasteiger partial charge is 0.409 e. The number of aliphatic imine (C=N–C) groups is 1. The van der Waals surface area contributed by atoms with Gasteiger partial charge in [0, 0.05) is 17.5 Å². The highest BCUT2D eigenvalue weighted by Gasteiger charge is 2.16. The molecule has 0 atom stereocenters. The molecular formula is C13H15N3O. The van der Waals surface area contributed by atoms with Crippen LogP contribution in [0.4, 0.5) is 0 Å². The molecule has 0 unspecified atom stereocenters. The van der Waals surface area contributed by atoms with Crippen LogP contribution in [0.2, 0.25) is 0 Å². The number of rotatable bonds is 1. The molecule has 2 rings (SSSR count). The van der Waals surface area contributed by atoms with Gasteiger partial charge in [0.15, 0.2) is 5.84 Å². The smallest absolute Gasteiger partial charge is 0.180 e. The summed E-state index contributed by atoms with van der Waals surface area (Å²) in [5.74, 6) is 0.524. The fourth-order valence-corrected chi connectivity index (χ4v) is 1.70. The molecule has 0 amide bonds. The van der Waals surface area contributed by atoms with Crippen LogP contribution in [0.3, 0.4) is 0 Å². The van der Waals surface area contributed by atoms with Crippen LogP contribution < -0.4 is 0 Å². The van der Waals surface area contributed by atoms with Crippen molar-refractivity contribution >= 4 is 12.1 Å². The van der Waals surface area contributed by atoms with Gasteiger partial charge in [-0.05, 0) is 19.9 Å². The molecule has 1 aromatic rings. The maximum absolute atomic E-state index is 9.19. The molecule has 4 nitrogen and oxygen atoms in total. The molecular weight excluding hydrogens is 214 g/mol.